The number of β-amino-alcohol motifs (C(OH)–C–C–N with tert-alkyl or cyclic N) is 1. The van der Waals surface area contributed by atoms with E-state index >= 15 is 0 Å². The molecule has 1 aliphatic rings. The second-order valence-corrected chi connectivity index (χ2v) is 3.57. The molecule has 0 radical (unpaired) electrons. The van der Waals surface area contributed by atoms with Crippen molar-refractivity contribution < 1.29 is 5.11 Å². The molecular weight excluding hydrogens is 170 g/mol. The molecule has 2 nitrogen and oxygen atoms in total. The zero-order valence-electron chi connectivity index (χ0n) is 7.32. The topological polar surface area (TPSA) is 23.5 Å². The minimum atomic E-state index is -0.108. The van der Waals surface area contributed by atoms with Crippen molar-refractivity contribution in [3.05, 3.63) is 12.2 Å². The van der Waals surface area contributed by atoms with Crippen molar-refractivity contribution in [3.63, 3.8) is 0 Å². The van der Waals surface area contributed by atoms with E-state index in [1.54, 1.807) is 0 Å². The quantitative estimate of drug-likeness (QED) is 0.507. The molecule has 1 unspecified atom stereocenters. The number of rotatable bonds is 3. The van der Waals surface area contributed by atoms with Gasteiger partial charge < -0.3 is 5.11 Å². The van der Waals surface area contributed by atoms with Gasteiger partial charge in [-0.1, -0.05) is 12.2 Å². The van der Waals surface area contributed by atoms with Crippen LogP contribution in [0.15, 0.2) is 12.2 Å². The van der Waals surface area contributed by atoms with Gasteiger partial charge in [-0.3, -0.25) is 4.90 Å². The van der Waals surface area contributed by atoms with Crippen LogP contribution < -0.4 is 0 Å². The van der Waals surface area contributed by atoms with Crippen molar-refractivity contribution >= 4 is 12.6 Å². The van der Waals surface area contributed by atoms with Crippen LogP contribution in [0.2, 0.25) is 0 Å². The molecule has 0 aliphatic carbocycles. The maximum absolute atomic E-state index is 9.36. The van der Waals surface area contributed by atoms with Crippen LogP contribution in [0.5, 0.6) is 0 Å². The summed E-state index contributed by atoms with van der Waals surface area (Å²) in [6, 6.07) is 0. The average molecular weight is 187 g/mol. The van der Waals surface area contributed by atoms with Gasteiger partial charge in [0.1, 0.15) is 0 Å². The van der Waals surface area contributed by atoms with Gasteiger partial charge >= 0.3 is 0 Å². The van der Waals surface area contributed by atoms with Crippen molar-refractivity contribution in [1.29, 1.82) is 0 Å². The summed E-state index contributed by atoms with van der Waals surface area (Å²) < 4.78 is 0. The van der Waals surface area contributed by atoms with Gasteiger partial charge in [0.25, 0.3) is 0 Å². The Morgan fingerprint density at radius 1 is 1.50 bits per heavy atom. The molecular formula is C9H17NOS. The number of aliphatic hydroxyl groups is 1. The Kier molecular flexibility index (Phi) is 4.73. The van der Waals surface area contributed by atoms with E-state index in [1.807, 2.05) is 6.08 Å². The second kappa shape index (κ2) is 5.62. The van der Waals surface area contributed by atoms with Gasteiger partial charge in [0.2, 0.25) is 0 Å². The average Bonchev–Trinajstić information content (AvgIpc) is 2.05. The first-order chi connectivity index (χ1) is 5.83. The number of nitrogens with zero attached hydrogens (tertiary/aromatic N) is 1. The van der Waals surface area contributed by atoms with Gasteiger partial charge in [-0.25, -0.2) is 0 Å². The van der Waals surface area contributed by atoms with Gasteiger partial charge in [0.05, 0.1) is 6.10 Å². The Bertz CT molecular complexity index is 149. The number of hydrogen-bond acceptors (Lipinski definition) is 3. The molecule has 0 aromatic heterocycles. The molecule has 0 aromatic rings. The van der Waals surface area contributed by atoms with Crippen molar-refractivity contribution in [2.45, 2.75) is 18.9 Å². The molecule has 0 amide bonds. The van der Waals surface area contributed by atoms with E-state index in [2.05, 4.69) is 23.6 Å². The fourth-order valence-corrected chi connectivity index (χ4v) is 1.64. The number of aliphatic hydroxyl groups excluding tert-OH is 1. The summed E-state index contributed by atoms with van der Waals surface area (Å²) in [7, 11) is 0. The van der Waals surface area contributed by atoms with E-state index in [4.69, 9.17) is 0 Å². The molecule has 70 valence electrons. The van der Waals surface area contributed by atoms with Crippen LogP contribution in [-0.2, 0) is 0 Å². The summed E-state index contributed by atoms with van der Waals surface area (Å²) in [6.07, 6.45) is 6.14. The maximum Gasteiger partial charge on any atom is 0.0667 e. The van der Waals surface area contributed by atoms with E-state index in [9.17, 15) is 5.11 Å². The molecule has 0 saturated carbocycles. The van der Waals surface area contributed by atoms with Gasteiger partial charge in [0.15, 0.2) is 0 Å². The summed E-state index contributed by atoms with van der Waals surface area (Å²) in [6.45, 7) is 2.91. The van der Waals surface area contributed by atoms with Crippen LogP contribution in [0.1, 0.15) is 12.8 Å². The van der Waals surface area contributed by atoms with Gasteiger partial charge in [-0.05, 0) is 19.4 Å². The molecule has 1 N–H and O–H groups in total. The highest BCUT2D eigenvalue weighted by molar-refractivity contribution is 7.80. The summed E-state index contributed by atoms with van der Waals surface area (Å²) in [5.74, 6) is 0.802. The van der Waals surface area contributed by atoms with Crippen molar-refractivity contribution in [1.82, 2.24) is 4.90 Å². The lowest BCUT2D eigenvalue weighted by Crippen LogP contribution is -2.38. The summed E-state index contributed by atoms with van der Waals surface area (Å²) in [5, 5.41) is 9.36. The lowest BCUT2D eigenvalue weighted by Gasteiger charge is -2.28. The van der Waals surface area contributed by atoms with Crippen LogP contribution in [-0.4, -0.2) is 41.5 Å². The highest BCUT2D eigenvalue weighted by Gasteiger charge is 2.15. The van der Waals surface area contributed by atoms with Crippen LogP contribution >= 0.6 is 12.6 Å². The van der Waals surface area contributed by atoms with Crippen molar-refractivity contribution in [2.75, 3.05) is 25.4 Å². The zero-order valence-corrected chi connectivity index (χ0v) is 8.21. The third kappa shape index (κ3) is 3.61. The largest absolute Gasteiger partial charge is 0.392 e. The second-order valence-electron chi connectivity index (χ2n) is 3.21. The molecule has 0 aromatic carbocycles. The molecule has 1 saturated heterocycles. The van der Waals surface area contributed by atoms with E-state index in [1.165, 1.54) is 0 Å². The van der Waals surface area contributed by atoms with E-state index in [0.29, 0.717) is 0 Å². The molecule has 0 spiro atoms. The first-order valence-electron chi connectivity index (χ1n) is 4.49. The summed E-state index contributed by atoms with van der Waals surface area (Å²) in [5.41, 5.74) is 0. The Hall–Kier alpha value is 0.01000. The molecule has 1 fully saturated rings. The molecule has 1 atom stereocenters. The Labute approximate surface area is 79.7 Å². The third-order valence-electron chi connectivity index (χ3n) is 2.12. The van der Waals surface area contributed by atoms with Gasteiger partial charge in [-0.2, -0.15) is 12.6 Å². The van der Waals surface area contributed by atoms with Crippen LogP contribution in [0, 0.1) is 0 Å². The van der Waals surface area contributed by atoms with Crippen molar-refractivity contribution in [3.8, 4) is 0 Å². The minimum Gasteiger partial charge on any atom is -0.392 e. The molecule has 1 rings (SSSR count). The Balaban J connectivity index is 2.18. The minimum absolute atomic E-state index is 0.108. The highest BCUT2D eigenvalue weighted by atomic mass is 32.1. The fourth-order valence-electron chi connectivity index (χ4n) is 1.50. The molecule has 0 bridgehead atoms. The lowest BCUT2D eigenvalue weighted by molar-refractivity contribution is 0.0770. The first kappa shape index (κ1) is 10.1. The third-order valence-corrected chi connectivity index (χ3v) is 2.33. The smallest absolute Gasteiger partial charge is 0.0667 e. The number of hydrogen-bond donors (Lipinski definition) is 2. The predicted molar refractivity (Wildman–Crippen MR) is 54.7 cm³/mol. The van der Waals surface area contributed by atoms with Crippen LogP contribution in [0.4, 0.5) is 0 Å². The number of likely N-dealkylation sites (tertiary alicyclic amines) is 1. The monoisotopic (exact) mass is 187 g/mol. The molecule has 1 aliphatic heterocycles. The molecule has 1 heterocycles. The SMILES string of the molecule is OC1CCCN(CC=CCS)C1. The predicted octanol–water partition coefficient (Wildman–Crippen LogP) is 0.929. The van der Waals surface area contributed by atoms with E-state index in [-0.39, 0.29) is 6.10 Å². The van der Waals surface area contributed by atoms with E-state index in [0.717, 1.165) is 38.2 Å². The molecule has 12 heavy (non-hydrogen) atoms. The zero-order chi connectivity index (χ0) is 8.81. The standard InChI is InChI=1S/C9H17NOS/c11-9-4-3-6-10(8-9)5-1-2-7-12/h1-2,9,11-12H,3-8H2. The lowest BCUT2D eigenvalue weighted by atomic mass is 10.1. The number of thiol groups is 1. The summed E-state index contributed by atoms with van der Waals surface area (Å²) in [4.78, 5) is 2.27. The van der Waals surface area contributed by atoms with Gasteiger partial charge in [-0.15, -0.1) is 0 Å². The maximum atomic E-state index is 9.36. The van der Waals surface area contributed by atoms with Crippen LogP contribution in [0.3, 0.4) is 0 Å². The van der Waals surface area contributed by atoms with E-state index < -0.39 is 0 Å². The number of piperidine rings is 1. The normalized spacial score (nSPS) is 26.7. The van der Waals surface area contributed by atoms with Gasteiger partial charge in [0, 0.05) is 18.8 Å². The summed E-state index contributed by atoms with van der Waals surface area (Å²) >= 11 is 4.08. The van der Waals surface area contributed by atoms with Crippen molar-refractivity contribution in [2.24, 2.45) is 0 Å². The Morgan fingerprint density at radius 2 is 2.33 bits per heavy atom. The fraction of sp³-hybridized carbons (Fsp3) is 0.778. The highest BCUT2D eigenvalue weighted by Crippen LogP contribution is 2.08. The van der Waals surface area contributed by atoms with Crippen LogP contribution in [0.25, 0.3) is 0 Å². The molecule has 3 heteroatoms. The first-order valence-corrected chi connectivity index (χ1v) is 5.12. The Morgan fingerprint density at radius 3 is 3.00 bits per heavy atom.